The van der Waals surface area contributed by atoms with Gasteiger partial charge < -0.3 is 4.74 Å². The van der Waals surface area contributed by atoms with Crippen LogP contribution in [0.4, 0.5) is 4.39 Å². The molecule has 1 rings (SSSR count). The van der Waals surface area contributed by atoms with Crippen LogP contribution >= 0.6 is 11.8 Å². The van der Waals surface area contributed by atoms with E-state index in [0.29, 0.717) is 10.5 Å². The van der Waals surface area contributed by atoms with Crippen LogP contribution in [0.2, 0.25) is 0 Å². The van der Waals surface area contributed by atoms with Gasteiger partial charge >= 0.3 is 0 Å². The number of Topliss-reactive ketones (excluding diaryl/α,β-unsaturated/α-hetero) is 1. The van der Waals surface area contributed by atoms with Crippen LogP contribution in [0.5, 0.6) is 5.75 Å². The summed E-state index contributed by atoms with van der Waals surface area (Å²) in [4.78, 5) is 11.8. The first-order valence-corrected chi connectivity index (χ1v) is 5.25. The van der Waals surface area contributed by atoms with Gasteiger partial charge in [0.15, 0.2) is 17.3 Å². The maximum Gasteiger partial charge on any atom is 0.168 e. The summed E-state index contributed by atoms with van der Waals surface area (Å²) < 4.78 is 18.1. The number of hydrogen-bond acceptors (Lipinski definition) is 3. The van der Waals surface area contributed by atoms with Crippen molar-refractivity contribution < 1.29 is 13.9 Å². The van der Waals surface area contributed by atoms with Gasteiger partial charge in [-0.15, -0.1) is 11.8 Å². The normalized spacial score (nSPS) is 10.0. The Morgan fingerprint density at radius 3 is 2.57 bits per heavy atom. The maximum absolute atomic E-state index is 13.2. The van der Waals surface area contributed by atoms with Gasteiger partial charge in [-0.3, -0.25) is 4.79 Å². The van der Waals surface area contributed by atoms with Crippen LogP contribution in [0.15, 0.2) is 17.0 Å². The maximum atomic E-state index is 13.2. The molecule has 0 aliphatic carbocycles. The van der Waals surface area contributed by atoms with E-state index < -0.39 is 5.82 Å². The van der Waals surface area contributed by atoms with Crippen molar-refractivity contribution in [3.8, 4) is 5.75 Å². The minimum Gasteiger partial charge on any atom is -0.492 e. The number of carbonyl (C=O) groups excluding carboxylic acids is 1. The lowest BCUT2D eigenvalue weighted by molar-refractivity contribution is 0.101. The van der Waals surface area contributed by atoms with Gasteiger partial charge in [0.1, 0.15) is 0 Å². The molecule has 0 atom stereocenters. The quantitative estimate of drug-likeness (QED) is 0.571. The van der Waals surface area contributed by atoms with Crippen molar-refractivity contribution in [2.75, 3.05) is 13.4 Å². The SMILES string of the molecule is COc1c(F)ccc(C(C)=O)c1SC. The van der Waals surface area contributed by atoms with Crippen LogP contribution in [0.3, 0.4) is 0 Å². The van der Waals surface area contributed by atoms with E-state index in [1.54, 1.807) is 6.26 Å². The van der Waals surface area contributed by atoms with E-state index >= 15 is 0 Å². The summed E-state index contributed by atoms with van der Waals surface area (Å²) in [5.41, 5.74) is 0.496. The minimum absolute atomic E-state index is 0.0901. The molecule has 1 aromatic rings. The number of carbonyl (C=O) groups is 1. The zero-order chi connectivity index (χ0) is 10.7. The molecular formula is C10H11FO2S. The van der Waals surface area contributed by atoms with Crippen molar-refractivity contribution >= 4 is 17.5 Å². The first-order chi connectivity index (χ1) is 6.61. The molecule has 0 heterocycles. The average molecular weight is 214 g/mol. The third-order valence-electron chi connectivity index (χ3n) is 1.85. The van der Waals surface area contributed by atoms with Gasteiger partial charge in [-0.1, -0.05) is 0 Å². The highest BCUT2D eigenvalue weighted by Gasteiger charge is 2.15. The van der Waals surface area contributed by atoms with Gasteiger partial charge in [0.05, 0.1) is 12.0 Å². The molecule has 4 heteroatoms. The van der Waals surface area contributed by atoms with E-state index in [2.05, 4.69) is 0 Å². The van der Waals surface area contributed by atoms with E-state index in [9.17, 15) is 9.18 Å². The molecule has 0 radical (unpaired) electrons. The third-order valence-corrected chi connectivity index (χ3v) is 2.67. The number of rotatable bonds is 3. The first kappa shape index (κ1) is 11.0. The highest BCUT2D eigenvalue weighted by Crippen LogP contribution is 2.33. The summed E-state index contributed by atoms with van der Waals surface area (Å²) in [6.45, 7) is 1.45. The summed E-state index contributed by atoms with van der Waals surface area (Å²) in [5.74, 6) is -0.389. The highest BCUT2D eigenvalue weighted by atomic mass is 32.2. The van der Waals surface area contributed by atoms with Gasteiger partial charge in [-0.2, -0.15) is 0 Å². The van der Waals surface area contributed by atoms with Crippen molar-refractivity contribution in [1.29, 1.82) is 0 Å². The van der Waals surface area contributed by atoms with Gasteiger partial charge in [0.25, 0.3) is 0 Å². The molecule has 0 bridgehead atoms. The lowest BCUT2D eigenvalue weighted by Crippen LogP contribution is -1.99. The molecule has 14 heavy (non-hydrogen) atoms. The average Bonchev–Trinajstić information content (AvgIpc) is 2.16. The van der Waals surface area contributed by atoms with Gasteiger partial charge in [0, 0.05) is 5.56 Å². The number of ketones is 1. The zero-order valence-corrected chi connectivity index (χ0v) is 9.07. The Kier molecular flexibility index (Phi) is 3.52. The Morgan fingerprint density at radius 1 is 1.50 bits per heavy atom. The zero-order valence-electron chi connectivity index (χ0n) is 8.26. The van der Waals surface area contributed by atoms with Crippen LogP contribution in [0.25, 0.3) is 0 Å². The van der Waals surface area contributed by atoms with Crippen LogP contribution in [0, 0.1) is 5.82 Å². The number of thioether (sulfide) groups is 1. The van der Waals surface area contributed by atoms with Crippen LogP contribution in [-0.4, -0.2) is 19.1 Å². The molecule has 0 fully saturated rings. The molecule has 0 N–H and O–H groups in total. The van der Waals surface area contributed by atoms with Crippen molar-refractivity contribution in [2.24, 2.45) is 0 Å². The van der Waals surface area contributed by atoms with Crippen LogP contribution in [0.1, 0.15) is 17.3 Å². The predicted octanol–water partition coefficient (Wildman–Crippen LogP) is 2.76. The second kappa shape index (κ2) is 4.46. The highest BCUT2D eigenvalue weighted by molar-refractivity contribution is 7.98. The molecule has 0 unspecified atom stereocenters. The molecule has 0 saturated heterocycles. The van der Waals surface area contributed by atoms with Crippen molar-refractivity contribution in [3.05, 3.63) is 23.5 Å². The number of methoxy groups -OCH3 is 1. The number of ether oxygens (including phenoxy) is 1. The van der Waals surface area contributed by atoms with E-state index in [-0.39, 0.29) is 11.5 Å². The van der Waals surface area contributed by atoms with E-state index in [4.69, 9.17) is 4.74 Å². The fourth-order valence-electron chi connectivity index (χ4n) is 1.21. The molecule has 0 amide bonds. The molecule has 1 aromatic carbocycles. The van der Waals surface area contributed by atoms with Gasteiger partial charge in [0.2, 0.25) is 0 Å². The van der Waals surface area contributed by atoms with Gasteiger partial charge in [-0.25, -0.2) is 4.39 Å². The molecule has 76 valence electrons. The minimum atomic E-state index is -0.443. The summed E-state index contributed by atoms with van der Waals surface area (Å²) in [6.07, 6.45) is 1.78. The van der Waals surface area contributed by atoms with Crippen molar-refractivity contribution in [3.63, 3.8) is 0 Å². The lowest BCUT2D eigenvalue weighted by Gasteiger charge is -2.10. The molecular weight excluding hydrogens is 203 g/mol. The summed E-state index contributed by atoms with van der Waals surface area (Å²) in [5, 5.41) is 0. The standard InChI is InChI=1S/C10H11FO2S/c1-6(12)7-4-5-8(11)9(13-2)10(7)14-3/h4-5H,1-3H3. The Balaban J connectivity index is 3.40. The number of halogens is 1. The number of benzene rings is 1. The summed E-state index contributed by atoms with van der Waals surface area (Å²) in [7, 11) is 1.39. The lowest BCUT2D eigenvalue weighted by atomic mass is 10.1. The Labute approximate surface area is 86.5 Å². The summed E-state index contributed by atoms with van der Waals surface area (Å²) in [6, 6.07) is 2.72. The van der Waals surface area contributed by atoms with Gasteiger partial charge in [-0.05, 0) is 25.3 Å². The Morgan fingerprint density at radius 2 is 2.14 bits per heavy atom. The fourth-order valence-corrected chi connectivity index (χ4v) is 2.01. The summed E-state index contributed by atoms with van der Waals surface area (Å²) >= 11 is 1.30. The van der Waals surface area contributed by atoms with Crippen LogP contribution < -0.4 is 4.74 Å². The predicted molar refractivity (Wildman–Crippen MR) is 54.7 cm³/mol. The first-order valence-electron chi connectivity index (χ1n) is 4.03. The molecule has 0 aromatic heterocycles. The van der Waals surface area contributed by atoms with Crippen molar-refractivity contribution in [2.45, 2.75) is 11.8 Å². The molecule has 2 nitrogen and oxygen atoms in total. The largest absolute Gasteiger partial charge is 0.492 e. The van der Waals surface area contributed by atoms with E-state index in [1.807, 2.05) is 0 Å². The molecule has 0 aliphatic rings. The Bertz CT molecular complexity index is 363. The van der Waals surface area contributed by atoms with E-state index in [0.717, 1.165) is 0 Å². The smallest absolute Gasteiger partial charge is 0.168 e. The number of hydrogen-bond donors (Lipinski definition) is 0. The van der Waals surface area contributed by atoms with E-state index in [1.165, 1.54) is 37.9 Å². The topological polar surface area (TPSA) is 26.3 Å². The van der Waals surface area contributed by atoms with Crippen LogP contribution in [-0.2, 0) is 0 Å². The molecule has 0 saturated carbocycles. The second-order valence-electron chi connectivity index (χ2n) is 2.72. The molecule has 0 spiro atoms. The third kappa shape index (κ3) is 1.90. The fraction of sp³-hybridized carbons (Fsp3) is 0.300. The monoisotopic (exact) mass is 214 g/mol. The molecule has 0 aliphatic heterocycles. The second-order valence-corrected chi connectivity index (χ2v) is 3.53. The van der Waals surface area contributed by atoms with Crippen molar-refractivity contribution in [1.82, 2.24) is 0 Å². The Hall–Kier alpha value is -1.03.